The fraction of sp³-hybridized carbons (Fsp3) is 0.700. The molecule has 0 aromatic heterocycles. The predicted octanol–water partition coefficient (Wildman–Crippen LogP) is 0.756. The van der Waals surface area contributed by atoms with Crippen LogP contribution in [0.15, 0.2) is 9.98 Å². The highest BCUT2D eigenvalue weighted by molar-refractivity contribution is 6.65. The smallest absolute Gasteiger partial charge is 0.317 e. The molecule has 3 aliphatic heterocycles. The summed E-state index contributed by atoms with van der Waals surface area (Å²) in [6.45, 7) is 1.11. The van der Waals surface area contributed by atoms with Crippen LogP contribution < -0.4 is 0 Å². The maximum atomic E-state index is 11.7. The molecule has 86 valence electrons. The van der Waals surface area contributed by atoms with Gasteiger partial charge in [0, 0.05) is 12.8 Å². The van der Waals surface area contributed by atoms with E-state index in [1.54, 1.807) is 0 Å². The Morgan fingerprint density at radius 2 is 2.44 bits per heavy atom. The second-order valence-electron chi connectivity index (χ2n) is 4.29. The van der Waals surface area contributed by atoms with Crippen molar-refractivity contribution in [2.45, 2.75) is 24.5 Å². The van der Waals surface area contributed by atoms with Gasteiger partial charge in [-0.25, -0.2) is 9.98 Å². The minimum Gasteiger partial charge on any atom is -0.454 e. The minimum atomic E-state index is -0.618. The number of carbonyl (C=O) groups is 1. The molecule has 1 spiro atoms. The van der Waals surface area contributed by atoms with Crippen molar-refractivity contribution in [1.82, 2.24) is 0 Å². The molecule has 0 radical (unpaired) electrons. The summed E-state index contributed by atoms with van der Waals surface area (Å²) in [5.41, 5.74) is -0.618. The van der Waals surface area contributed by atoms with Crippen molar-refractivity contribution in [2.24, 2.45) is 15.9 Å². The first kappa shape index (κ1) is 10.2. The highest BCUT2D eigenvalue weighted by atomic mass is 35.5. The number of ether oxygens (including phenoxy) is 2. The molecule has 3 unspecified atom stereocenters. The van der Waals surface area contributed by atoms with Gasteiger partial charge in [0.15, 0.2) is 5.60 Å². The van der Waals surface area contributed by atoms with Gasteiger partial charge in [0.1, 0.15) is 12.0 Å². The molecule has 0 bridgehead atoms. The molecule has 3 aliphatic rings. The molecule has 16 heavy (non-hydrogen) atoms. The van der Waals surface area contributed by atoms with Crippen LogP contribution >= 0.6 is 11.6 Å². The monoisotopic (exact) mass is 242 g/mol. The lowest BCUT2D eigenvalue weighted by atomic mass is 9.84. The van der Waals surface area contributed by atoms with E-state index >= 15 is 0 Å². The lowest BCUT2D eigenvalue weighted by Gasteiger charge is -2.35. The fourth-order valence-corrected chi connectivity index (χ4v) is 2.68. The third kappa shape index (κ3) is 1.38. The summed E-state index contributed by atoms with van der Waals surface area (Å²) in [4.78, 5) is 19.8. The molecule has 5 nitrogen and oxygen atoms in total. The highest BCUT2D eigenvalue weighted by Crippen LogP contribution is 2.40. The number of nitrogens with zero attached hydrogens (tertiary/aromatic N) is 2. The summed E-state index contributed by atoms with van der Waals surface area (Å²) in [5.74, 6) is -0.670. The van der Waals surface area contributed by atoms with Gasteiger partial charge in [-0.05, 0) is 24.4 Å². The van der Waals surface area contributed by atoms with Gasteiger partial charge in [0.25, 0.3) is 0 Å². The van der Waals surface area contributed by atoms with Gasteiger partial charge in [-0.1, -0.05) is 0 Å². The molecule has 0 N–H and O–H groups in total. The lowest BCUT2D eigenvalue weighted by molar-refractivity contribution is -0.160. The van der Waals surface area contributed by atoms with E-state index in [4.69, 9.17) is 21.1 Å². The fourth-order valence-electron chi connectivity index (χ4n) is 2.52. The first-order valence-corrected chi connectivity index (χ1v) is 5.67. The summed E-state index contributed by atoms with van der Waals surface area (Å²) in [7, 11) is 0. The molecule has 3 rings (SSSR count). The number of fused-ring (bicyclic) bond motifs is 2. The number of hydrogen-bond donors (Lipinski definition) is 0. The van der Waals surface area contributed by atoms with Gasteiger partial charge in [0.2, 0.25) is 5.29 Å². The molecular formula is C10H11ClN2O3. The van der Waals surface area contributed by atoms with Crippen molar-refractivity contribution in [1.29, 1.82) is 0 Å². The zero-order chi connectivity index (χ0) is 11.2. The van der Waals surface area contributed by atoms with Crippen molar-refractivity contribution in [2.75, 3.05) is 13.2 Å². The second-order valence-corrected chi connectivity index (χ2v) is 4.63. The summed E-state index contributed by atoms with van der Waals surface area (Å²) < 4.78 is 10.9. The number of aliphatic imine (C=N–C) groups is 2. The van der Waals surface area contributed by atoms with Crippen LogP contribution in [0, 0.1) is 5.92 Å². The van der Waals surface area contributed by atoms with Crippen LogP contribution in [0.25, 0.3) is 0 Å². The lowest BCUT2D eigenvalue weighted by Crippen LogP contribution is -2.48. The van der Waals surface area contributed by atoms with Crippen molar-refractivity contribution >= 4 is 29.1 Å². The van der Waals surface area contributed by atoms with Crippen molar-refractivity contribution in [3.63, 3.8) is 0 Å². The van der Waals surface area contributed by atoms with E-state index in [1.165, 1.54) is 6.21 Å². The highest BCUT2D eigenvalue weighted by Gasteiger charge is 2.57. The normalized spacial score (nSPS) is 41.8. The molecule has 0 aliphatic carbocycles. The van der Waals surface area contributed by atoms with E-state index in [-0.39, 0.29) is 17.3 Å². The van der Waals surface area contributed by atoms with Crippen molar-refractivity contribution in [3.8, 4) is 0 Å². The Bertz CT molecular complexity index is 388. The van der Waals surface area contributed by atoms with Crippen LogP contribution in [0.2, 0.25) is 0 Å². The van der Waals surface area contributed by atoms with Gasteiger partial charge in [0.05, 0.1) is 6.61 Å². The quantitative estimate of drug-likeness (QED) is 0.465. The average Bonchev–Trinajstić information content (AvgIpc) is 2.53. The van der Waals surface area contributed by atoms with Crippen LogP contribution in [0.5, 0.6) is 0 Å². The van der Waals surface area contributed by atoms with E-state index in [1.807, 2.05) is 0 Å². The van der Waals surface area contributed by atoms with Crippen LogP contribution in [-0.4, -0.2) is 42.3 Å². The third-order valence-electron chi connectivity index (χ3n) is 3.28. The Labute approximate surface area is 97.5 Å². The molecule has 0 aromatic carbocycles. The zero-order valence-corrected chi connectivity index (χ0v) is 9.31. The zero-order valence-electron chi connectivity index (χ0n) is 8.56. The Morgan fingerprint density at radius 3 is 3.19 bits per heavy atom. The molecule has 3 atom stereocenters. The summed E-state index contributed by atoms with van der Waals surface area (Å²) in [6, 6.07) is -0.273. The maximum absolute atomic E-state index is 11.7. The standard InChI is InChI=1S/C10H11ClN2O3/c11-9-12-4-6-7(13-9)10(16-8(6)14)2-1-3-15-5-10/h4,6-7H,1-3,5H2. The van der Waals surface area contributed by atoms with Gasteiger partial charge in [-0.3, -0.25) is 4.79 Å². The predicted molar refractivity (Wildman–Crippen MR) is 57.9 cm³/mol. The Balaban J connectivity index is 1.96. The number of rotatable bonds is 0. The number of esters is 1. The van der Waals surface area contributed by atoms with E-state index in [0.29, 0.717) is 13.2 Å². The number of amidine groups is 1. The minimum absolute atomic E-state index is 0.185. The largest absolute Gasteiger partial charge is 0.454 e. The van der Waals surface area contributed by atoms with Gasteiger partial charge in [-0.2, -0.15) is 0 Å². The van der Waals surface area contributed by atoms with E-state index < -0.39 is 11.5 Å². The summed E-state index contributed by atoms with van der Waals surface area (Å²) >= 11 is 5.78. The van der Waals surface area contributed by atoms with Gasteiger partial charge >= 0.3 is 5.97 Å². The summed E-state index contributed by atoms with van der Waals surface area (Å²) in [5, 5.41) is 0.185. The van der Waals surface area contributed by atoms with Crippen LogP contribution in [0.4, 0.5) is 0 Å². The molecule has 0 aromatic rings. The topological polar surface area (TPSA) is 60.2 Å². The number of hydrogen-bond acceptors (Lipinski definition) is 5. The van der Waals surface area contributed by atoms with Crippen molar-refractivity contribution in [3.05, 3.63) is 0 Å². The van der Waals surface area contributed by atoms with E-state index in [0.717, 1.165) is 12.8 Å². The maximum Gasteiger partial charge on any atom is 0.317 e. The first-order chi connectivity index (χ1) is 7.71. The summed E-state index contributed by atoms with van der Waals surface area (Å²) in [6.07, 6.45) is 3.19. The number of carbonyl (C=O) groups excluding carboxylic acids is 1. The first-order valence-electron chi connectivity index (χ1n) is 5.29. The molecular weight excluding hydrogens is 232 g/mol. The van der Waals surface area contributed by atoms with Crippen LogP contribution in [0.1, 0.15) is 12.8 Å². The Kier molecular flexibility index (Phi) is 2.26. The third-order valence-corrected chi connectivity index (χ3v) is 3.47. The van der Waals surface area contributed by atoms with E-state index in [2.05, 4.69) is 9.98 Å². The molecule has 0 saturated carbocycles. The molecule has 3 heterocycles. The van der Waals surface area contributed by atoms with Gasteiger partial charge < -0.3 is 9.47 Å². The van der Waals surface area contributed by atoms with Crippen LogP contribution in [-0.2, 0) is 14.3 Å². The second kappa shape index (κ2) is 3.53. The molecule has 0 amide bonds. The Hall–Kier alpha value is -0.940. The van der Waals surface area contributed by atoms with Crippen LogP contribution in [0.3, 0.4) is 0 Å². The molecule has 2 fully saturated rings. The van der Waals surface area contributed by atoms with Crippen molar-refractivity contribution < 1.29 is 14.3 Å². The number of halogens is 1. The average molecular weight is 243 g/mol. The molecule has 6 heteroatoms. The van der Waals surface area contributed by atoms with E-state index in [9.17, 15) is 4.79 Å². The molecule has 2 saturated heterocycles. The SMILES string of the molecule is O=C1OC2(CCCOC2)C2N=C(Cl)N=CC12. The van der Waals surface area contributed by atoms with Gasteiger partial charge in [-0.15, -0.1) is 0 Å². The Morgan fingerprint density at radius 1 is 1.56 bits per heavy atom.